The van der Waals surface area contributed by atoms with Crippen molar-refractivity contribution in [2.45, 2.75) is 19.4 Å². The quantitative estimate of drug-likeness (QED) is 0.618. The molecule has 0 aliphatic rings. The van der Waals surface area contributed by atoms with Gasteiger partial charge >= 0.3 is 5.97 Å². The Hall–Kier alpha value is -1.75. The van der Waals surface area contributed by atoms with Crippen LogP contribution in [0.5, 0.6) is 0 Å². The van der Waals surface area contributed by atoms with E-state index in [0.717, 1.165) is 0 Å². The number of ether oxygens (including phenoxy) is 2. The van der Waals surface area contributed by atoms with Gasteiger partial charge in [0.1, 0.15) is 0 Å². The molecule has 0 aliphatic carbocycles. The molecular formula is C13H20N2O3. The smallest absolute Gasteiger partial charge is 0.337 e. The fraction of sp³-hybridized carbons (Fsp3) is 0.462. The van der Waals surface area contributed by atoms with Gasteiger partial charge in [-0.05, 0) is 32.0 Å². The Morgan fingerprint density at radius 3 is 2.61 bits per heavy atom. The molecule has 1 rings (SSSR count). The van der Waals surface area contributed by atoms with E-state index in [1.54, 1.807) is 25.3 Å². The predicted molar refractivity (Wildman–Crippen MR) is 71.8 cm³/mol. The molecule has 0 unspecified atom stereocenters. The summed E-state index contributed by atoms with van der Waals surface area (Å²) >= 11 is 0. The van der Waals surface area contributed by atoms with Crippen LogP contribution in [0.3, 0.4) is 0 Å². The van der Waals surface area contributed by atoms with Crippen LogP contribution in [0, 0.1) is 0 Å². The number of anilines is 2. The van der Waals surface area contributed by atoms with Gasteiger partial charge in [0.25, 0.3) is 0 Å². The molecule has 0 atom stereocenters. The third-order valence-corrected chi connectivity index (χ3v) is 2.73. The average Bonchev–Trinajstić information content (AvgIpc) is 2.37. The molecule has 5 nitrogen and oxygen atoms in total. The second-order valence-electron chi connectivity index (χ2n) is 4.61. The number of nitrogen functional groups attached to an aromatic ring is 1. The molecule has 0 fully saturated rings. The second kappa shape index (κ2) is 5.73. The van der Waals surface area contributed by atoms with E-state index in [-0.39, 0.29) is 11.6 Å². The van der Waals surface area contributed by atoms with Crippen molar-refractivity contribution in [1.82, 2.24) is 0 Å². The average molecular weight is 252 g/mol. The zero-order valence-electron chi connectivity index (χ0n) is 11.2. The molecule has 5 heteroatoms. The monoisotopic (exact) mass is 252 g/mol. The van der Waals surface area contributed by atoms with Crippen LogP contribution in [0.4, 0.5) is 11.4 Å². The maximum absolute atomic E-state index is 11.4. The summed E-state index contributed by atoms with van der Waals surface area (Å²) in [5, 5.41) is 3.17. The van der Waals surface area contributed by atoms with E-state index in [4.69, 9.17) is 10.5 Å². The molecule has 1 aromatic carbocycles. The van der Waals surface area contributed by atoms with E-state index in [1.807, 2.05) is 13.8 Å². The lowest BCUT2D eigenvalue weighted by Gasteiger charge is -2.24. The van der Waals surface area contributed by atoms with Crippen LogP contribution in [-0.4, -0.2) is 32.3 Å². The van der Waals surface area contributed by atoms with Gasteiger partial charge in [0.15, 0.2) is 0 Å². The minimum Gasteiger partial charge on any atom is -0.465 e. The number of nitrogens with one attached hydrogen (secondary N) is 1. The summed E-state index contributed by atoms with van der Waals surface area (Å²) in [6.07, 6.45) is 0. The van der Waals surface area contributed by atoms with E-state index in [9.17, 15) is 4.79 Å². The fourth-order valence-corrected chi connectivity index (χ4v) is 1.33. The first-order chi connectivity index (χ1) is 8.39. The number of hydrogen-bond acceptors (Lipinski definition) is 5. The molecule has 0 radical (unpaired) electrons. The number of rotatable bonds is 5. The van der Waals surface area contributed by atoms with Gasteiger partial charge in [-0.3, -0.25) is 0 Å². The first-order valence-electron chi connectivity index (χ1n) is 5.66. The summed E-state index contributed by atoms with van der Waals surface area (Å²) in [4.78, 5) is 11.4. The summed E-state index contributed by atoms with van der Waals surface area (Å²) < 4.78 is 9.97. The number of carbonyl (C=O) groups is 1. The van der Waals surface area contributed by atoms with Crippen LogP contribution in [0.2, 0.25) is 0 Å². The molecule has 3 N–H and O–H groups in total. The second-order valence-corrected chi connectivity index (χ2v) is 4.61. The van der Waals surface area contributed by atoms with Crippen LogP contribution in [0.25, 0.3) is 0 Å². The minimum absolute atomic E-state index is 0.312. The highest BCUT2D eigenvalue weighted by Crippen LogP contribution is 2.21. The van der Waals surface area contributed by atoms with Gasteiger partial charge in [-0.2, -0.15) is 0 Å². The van der Waals surface area contributed by atoms with Gasteiger partial charge in [0.05, 0.1) is 29.6 Å². The van der Waals surface area contributed by atoms with Gasteiger partial charge in [-0.1, -0.05) is 0 Å². The number of benzene rings is 1. The van der Waals surface area contributed by atoms with E-state index in [0.29, 0.717) is 23.5 Å². The lowest BCUT2D eigenvalue weighted by molar-refractivity contribution is 0.0344. The zero-order valence-corrected chi connectivity index (χ0v) is 11.2. The SMILES string of the molecule is COC(=O)c1ccc(N)c(NCC(C)(C)OC)c1. The highest BCUT2D eigenvalue weighted by atomic mass is 16.5. The van der Waals surface area contributed by atoms with Crippen molar-refractivity contribution >= 4 is 17.3 Å². The number of esters is 1. The largest absolute Gasteiger partial charge is 0.465 e. The Morgan fingerprint density at radius 1 is 1.39 bits per heavy atom. The topological polar surface area (TPSA) is 73.6 Å². The lowest BCUT2D eigenvalue weighted by atomic mass is 10.1. The fourth-order valence-electron chi connectivity index (χ4n) is 1.33. The Labute approximate surface area is 107 Å². The van der Waals surface area contributed by atoms with Gasteiger partial charge in [0.2, 0.25) is 0 Å². The zero-order chi connectivity index (χ0) is 13.8. The first-order valence-corrected chi connectivity index (χ1v) is 5.66. The number of carbonyl (C=O) groups excluding carboxylic acids is 1. The van der Waals surface area contributed by atoms with E-state index >= 15 is 0 Å². The number of methoxy groups -OCH3 is 2. The summed E-state index contributed by atoms with van der Waals surface area (Å²) in [6, 6.07) is 4.98. The minimum atomic E-state index is -0.385. The van der Waals surface area contributed by atoms with Crippen molar-refractivity contribution in [1.29, 1.82) is 0 Å². The van der Waals surface area contributed by atoms with E-state index < -0.39 is 0 Å². The van der Waals surface area contributed by atoms with Crippen LogP contribution in [0.15, 0.2) is 18.2 Å². The lowest BCUT2D eigenvalue weighted by Crippen LogP contribution is -2.32. The molecule has 18 heavy (non-hydrogen) atoms. The van der Waals surface area contributed by atoms with Crippen LogP contribution in [0.1, 0.15) is 24.2 Å². The standard InChI is InChI=1S/C13H20N2O3/c1-13(2,18-4)8-15-11-7-9(12(16)17-3)5-6-10(11)14/h5-7,15H,8,14H2,1-4H3. The highest BCUT2D eigenvalue weighted by molar-refractivity contribution is 5.91. The maximum atomic E-state index is 11.4. The summed E-state index contributed by atoms with van der Waals surface area (Å²) in [7, 11) is 3.00. The Bertz CT molecular complexity index is 430. The van der Waals surface area contributed by atoms with Gasteiger partial charge < -0.3 is 20.5 Å². The molecule has 100 valence electrons. The highest BCUT2D eigenvalue weighted by Gasteiger charge is 2.17. The molecule has 0 aliphatic heterocycles. The molecular weight excluding hydrogens is 232 g/mol. The first kappa shape index (κ1) is 14.3. The van der Waals surface area contributed by atoms with Crippen molar-refractivity contribution in [3.8, 4) is 0 Å². The third-order valence-electron chi connectivity index (χ3n) is 2.73. The van der Waals surface area contributed by atoms with Crippen molar-refractivity contribution in [3.63, 3.8) is 0 Å². The van der Waals surface area contributed by atoms with Crippen LogP contribution < -0.4 is 11.1 Å². The van der Waals surface area contributed by atoms with Crippen molar-refractivity contribution in [2.24, 2.45) is 0 Å². The maximum Gasteiger partial charge on any atom is 0.337 e. The number of hydrogen-bond donors (Lipinski definition) is 2. The van der Waals surface area contributed by atoms with Crippen LogP contribution >= 0.6 is 0 Å². The molecule has 0 saturated heterocycles. The third kappa shape index (κ3) is 3.63. The van der Waals surface area contributed by atoms with E-state index in [1.165, 1.54) is 7.11 Å². The predicted octanol–water partition coefficient (Wildman–Crippen LogP) is 1.89. The van der Waals surface area contributed by atoms with Crippen molar-refractivity contribution in [2.75, 3.05) is 31.8 Å². The molecule has 0 bridgehead atoms. The van der Waals surface area contributed by atoms with Gasteiger partial charge in [-0.15, -0.1) is 0 Å². The summed E-state index contributed by atoms with van der Waals surface area (Å²) in [6.45, 7) is 4.50. The molecule has 0 spiro atoms. The molecule has 0 saturated carbocycles. The normalized spacial score (nSPS) is 11.1. The molecule has 1 aromatic rings. The van der Waals surface area contributed by atoms with Gasteiger partial charge in [0, 0.05) is 13.7 Å². The van der Waals surface area contributed by atoms with Gasteiger partial charge in [-0.25, -0.2) is 4.79 Å². The molecule has 0 amide bonds. The number of nitrogens with two attached hydrogens (primary N) is 1. The Kier molecular flexibility index (Phi) is 4.55. The van der Waals surface area contributed by atoms with Crippen molar-refractivity contribution < 1.29 is 14.3 Å². The van der Waals surface area contributed by atoms with Crippen molar-refractivity contribution in [3.05, 3.63) is 23.8 Å². The summed E-state index contributed by atoms with van der Waals surface area (Å²) in [5.41, 5.74) is 7.27. The van der Waals surface area contributed by atoms with Crippen LogP contribution in [-0.2, 0) is 9.47 Å². The Balaban J connectivity index is 2.85. The molecule has 0 aromatic heterocycles. The Morgan fingerprint density at radius 2 is 2.06 bits per heavy atom. The molecule has 0 heterocycles. The summed E-state index contributed by atoms with van der Waals surface area (Å²) in [5.74, 6) is -0.385. The van der Waals surface area contributed by atoms with E-state index in [2.05, 4.69) is 10.1 Å².